The molecule has 0 saturated heterocycles. The maximum absolute atomic E-state index is 5.75. The summed E-state index contributed by atoms with van der Waals surface area (Å²) in [5, 5.41) is 4.46. The first-order valence-electron chi connectivity index (χ1n) is 5.16. The molecule has 0 aliphatic rings. The van der Waals surface area contributed by atoms with Crippen molar-refractivity contribution in [2.24, 2.45) is 0 Å². The van der Waals surface area contributed by atoms with E-state index in [1.807, 2.05) is 18.2 Å². The van der Waals surface area contributed by atoms with Crippen LogP contribution in [0, 0.1) is 0 Å². The molecular weight excluding hydrogens is 188 g/mol. The van der Waals surface area contributed by atoms with Crippen LogP contribution in [0.25, 0.3) is 11.0 Å². The number of nitrogen functional groups attached to an aromatic ring is 1. The van der Waals surface area contributed by atoms with Crippen LogP contribution in [0.4, 0.5) is 5.69 Å². The monoisotopic (exact) mass is 204 g/mol. The highest BCUT2D eigenvalue weighted by atomic mass is 16.3. The summed E-state index contributed by atoms with van der Waals surface area (Å²) in [7, 11) is 0. The number of rotatable bonds is 3. The molecule has 3 N–H and O–H groups in total. The molecule has 0 spiro atoms. The lowest BCUT2D eigenvalue weighted by atomic mass is 10.1. The van der Waals surface area contributed by atoms with E-state index >= 15 is 0 Å². The molecule has 1 aromatic carbocycles. The van der Waals surface area contributed by atoms with E-state index in [9.17, 15) is 0 Å². The number of hydrogen-bond donors (Lipinski definition) is 2. The van der Waals surface area contributed by atoms with Crippen LogP contribution in [-0.2, 0) is 6.54 Å². The van der Waals surface area contributed by atoms with Crippen LogP contribution in [0.3, 0.4) is 0 Å². The van der Waals surface area contributed by atoms with Crippen molar-refractivity contribution in [3.63, 3.8) is 0 Å². The highest BCUT2D eigenvalue weighted by molar-refractivity contribution is 5.84. The zero-order valence-corrected chi connectivity index (χ0v) is 9.08. The van der Waals surface area contributed by atoms with Crippen molar-refractivity contribution in [2.45, 2.75) is 26.4 Å². The Balaban J connectivity index is 2.31. The predicted molar refractivity (Wildman–Crippen MR) is 62.6 cm³/mol. The second-order valence-electron chi connectivity index (χ2n) is 4.05. The van der Waals surface area contributed by atoms with Gasteiger partial charge in [0, 0.05) is 29.2 Å². The minimum Gasteiger partial charge on any atom is -0.464 e. The number of nitrogens with two attached hydrogens (primary N) is 1. The maximum Gasteiger partial charge on any atom is 0.134 e. The van der Waals surface area contributed by atoms with Gasteiger partial charge in [-0.15, -0.1) is 0 Å². The number of anilines is 1. The average Bonchev–Trinajstić information content (AvgIpc) is 2.57. The molecule has 0 atom stereocenters. The minimum absolute atomic E-state index is 0.469. The SMILES string of the molecule is CC(C)NCc1coc2ccc(N)cc12. The quantitative estimate of drug-likeness (QED) is 0.755. The first-order chi connectivity index (χ1) is 7.16. The van der Waals surface area contributed by atoms with Crippen molar-refractivity contribution in [1.82, 2.24) is 5.32 Å². The summed E-state index contributed by atoms with van der Waals surface area (Å²) in [5.74, 6) is 0. The highest BCUT2D eigenvalue weighted by Crippen LogP contribution is 2.23. The Hall–Kier alpha value is -1.48. The van der Waals surface area contributed by atoms with Gasteiger partial charge in [0.25, 0.3) is 0 Å². The zero-order valence-electron chi connectivity index (χ0n) is 9.08. The molecular formula is C12H16N2O. The molecule has 3 nitrogen and oxygen atoms in total. The Morgan fingerprint density at radius 3 is 2.93 bits per heavy atom. The van der Waals surface area contributed by atoms with Crippen LogP contribution >= 0.6 is 0 Å². The van der Waals surface area contributed by atoms with Crippen LogP contribution in [0.15, 0.2) is 28.9 Å². The van der Waals surface area contributed by atoms with Gasteiger partial charge in [-0.25, -0.2) is 0 Å². The van der Waals surface area contributed by atoms with Gasteiger partial charge in [0.05, 0.1) is 6.26 Å². The fourth-order valence-corrected chi connectivity index (χ4v) is 1.55. The van der Waals surface area contributed by atoms with Crippen LogP contribution in [0.1, 0.15) is 19.4 Å². The normalized spacial score (nSPS) is 11.4. The highest BCUT2D eigenvalue weighted by Gasteiger charge is 2.06. The van der Waals surface area contributed by atoms with Gasteiger partial charge < -0.3 is 15.5 Å². The van der Waals surface area contributed by atoms with Crippen molar-refractivity contribution in [3.8, 4) is 0 Å². The molecule has 0 aliphatic carbocycles. The third-order valence-electron chi connectivity index (χ3n) is 2.38. The van der Waals surface area contributed by atoms with Crippen LogP contribution in [0.5, 0.6) is 0 Å². The molecule has 0 radical (unpaired) electrons. The molecule has 15 heavy (non-hydrogen) atoms. The summed E-state index contributed by atoms with van der Waals surface area (Å²) in [4.78, 5) is 0. The van der Waals surface area contributed by atoms with Crippen molar-refractivity contribution >= 4 is 16.7 Å². The van der Waals surface area contributed by atoms with E-state index in [-0.39, 0.29) is 0 Å². The van der Waals surface area contributed by atoms with Gasteiger partial charge in [-0.2, -0.15) is 0 Å². The van der Waals surface area contributed by atoms with Crippen molar-refractivity contribution in [1.29, 1.82) is 0 Å². The van der Waals surface area contributed by atoms with Crippen molar-refractivity contribution < 1.29 is 4.42 Å². The first-order valence-corrected chi connectivity index (χ1v) is 5.16. The Morgan fingerprint density at radius 2 is 2.20 bits per heavy atom. The lowest BCUT2D eigenvalue weighted by Crippen LogP contribution is -2.21. The van der Waals surface area contributed by atoms with Gasteiger partial charge in [0.15, 0.2) is 0 Å². The van der Waals surface area contributed by atoms with Gasteiger partial charge in [0.2, 0.25) is 0 Å². The van der Waals surface area contributed by atoms with Crippen molar-refractivity contribution in [2.75, 3.05) is 5.73 Å². The predicted octanol–water partition coefficient (Wildman–Crippen LogP) is 2.51. The number of benzene rings is 1. The van der Waals surface area contributed by atoms with Gasteiger partial charge in [0.1, 0.15) is 5.58 Å². The second-order valence-corrected chi connectivity index (χ2v) is 4.05. The average molecular weight is 204 g/mol. The fourth-order valence-electron chi connectivity index (χ4n) is 1.55. The van der Waals surface area contributed by atoms with Crippen LogP contribution in [0.2, 0.25) is 0 Å². The van der Waals surface area contributed by atoms with Crippen LogP contribution < -0.4 is 11.1 Å². The summed E-state index contributed by atoms with van der Waals surface area (Å²) in [6.07, 6.45) is 1.79. The van der Waals surface area contributed by atoms with E-state index in [2.05, 4.69) is 19.2 Å². The topological polar surface area (TPSA) is 51.2 Å². The third kappa shape index (κ3) is 2.13. The third-order valence-corrected chi connectivity index (χ3v) is 2.38. The summed E-state index contributed by atoms with van der Waals surface area (Å²) in [6, 6.07) is 6.18. The first kappa shape index (κ1) is 10.1. The standard InChI is InChI=1S/C12H16N2O/c1-8(2)14-6-9-7-15-12-4-3-10(13)5-11(9)12/h3-5,7-8,14H,6,13H2,1-2H3. The molecule has 80 valence electrons. The molecule has 2 aromatic rings. The molecule has 2 rings (SSSR count). The van der Waals surface area contributed by atoms with E-state index in [1.165, 1.54) is 0 Å². The summed E-state index contributed by atoms with van der Waals surface area (Å²) in [6.45, 7) is 5.06. The number of furan rings is 1. The fraction of sp³-hybridized carbons (Fsp3) is 0.333. The molecule has 1 aromatic heterocycles. The summed E-state index contributed by atoms with van der Waals surface area (Å²) in [5.41, 5.74) is 8.57. The summed E-state index contributed by atoms with van der Waals surface area (Å²) < 4.78 is 5.44. The van der Waals surface area contributed by atoms with Gasteiger partial charge in [-0.1, -0.05) is 13.8 Å². The Labute approximate surface area is 89.3 Å². The molecule has 0 aliphatic heterocycles. The molecule has 3 heteroatoms. The number of nitrogens with one attached hydrogen (secondary N) is 1. The Bertz CT molecular complexity index is 460. The number of hydrogen-bond acceptors (Lipinski definition) is 3. The van der Waals surface area contributed by atoms with Gasteiger partial charge >= 0.3 is 0 Å². The Kier molecular flexibility index (Phi) is 2.64. The molecule has 0 bridgehead atoms. The Morgan fingerprint density at radius 1 is 1.40 bits per heavy atom. The van der Waals surface area contributed by atoms with E-state index in [4.69, 9.17) is 10.2 Å². The smallest absolute Gasteiger partial charge is 0.134 e. The molecule has 0 unspecified atom stereocenters. The van der Waals surface area contributed by atoms with Crippen molar-refractivity contribution in [3.05, 3.63) is 30.0 Å². The van der Waals surface area contributed by atoms with E-state index in [0.29, 0.717) is 6.04 Å². The number of fused-ring (bicyclic) bond motifs is 1. The van der Waals surface area contributed by atoms with E-state index in [0.717, 1.165) is 28.8 Å². The maximum atomic E-state index is 5.75. The summed E-state index contributed by atoms with van der Waals surface area (Å²) >= 11 is 0. The lowest BCUT2D eigenvalue weighted by molar-refractivity contribution is 0.572. The van der Waals surface area contributed by atoms with Crippen LogP contribution in [-0.4, -0.2) is 6.04 Å². The lowest BCUT2D eigenvalue weighted by Gasteiger charge is -2.06. The van der Waals surface area contributed by atoms with E-state index < -0.39 is 0 Å². The molecule has 0 amide bonds. The zero-order chi connectivity index (χ0) is 10.8. The largest absolute Gasteiger partial charge is 0.464 e. The minimum atomic E-state index is 0.469. The molecule has 1 heterocycles. The molecule has 0 saturated carbocycles. The van der Waals surface area contributed by atoms with Gasteiger partial charge in [-0.05, 0) is 18.2 Å². The van der Waals surface area contributed by atoms with E-state index in [1.54, 1.807) is 6.26 Å². The molecule has 0 fully saturated rings. The van der Waals surface area contributed by atoms with Gasteiger partial charge in [-0.3, -0.25) is 0 Å². The second kappa shape index (κ2) is 3.95.